The normalized spacial score (nSPS) is 11.6. The Balaban J connectivity index is 2.11. The number of fused-ring (bicyclic) bond motifs is 1. The maximum absolute atomic E-state index is 13.3. The van der Waals surface area contributed by atoms with Gasteiger partial charge in [0.25, 0.3) is 10.0 Å². The molecule has 0 aliphatic rings. The Bertz CT molecular complexity index is 1140. The van der Waals surface area contributed by atoms with Gasteiger partial charge in [-0.3, -0.25) is 4.79 Å². The topological polar surface area (TPSA) is 84.7 Å². The van der Waals surface area contributed by atoms with Gasteiger partial charge >= 0.3 is 4.94 Å². The Morgan fingerprint density at radius 3 is 2.46 bits per heavy atom. The number of nitrogens with zero attached hydrogens (tertiary/aromatic N) is 1. The van der Waals surface area contributed by atoms with Crippen molar-refractivity contribution >= 4 is 43.2 Å². The summed E-state index contributed by atoms with van der Waals surface area (Å²) in [5.41, 5.74) is 1.57. The van der Waals surface area contributed by atoms with Crippen molar-refractivity contribution in [3.8, 4) is 0 Å². The number of rotatable bonds is 7. The Morgan fingerprint density at radius 2 is 1.82 bits per heavy atom. The lowest BCUT2D eigenvalue weighted by Crippen LogP contribution is -2.36. The highest BCUT2D eigenvalue weighted by Crippen LogP contribution is 2.29. The molecule has 0 fully saturated rings. The van der Waals surface area contributed by atoms with E-state index in [0.29, 0.717) is 16.7 Å². The summed E-state index contributed by atoms with van der Waals surface area (Å²) in [6.07, 6.45) is 2.26. The summed E-state index contributed by atoms with van der Waals surface area (Å²) in [4.78, 5) is 23.9. The van der Waals surface area contributed by atoms with Crippen LogP contribution >= 0.6 is 11.3 Å². The van der Waals surface area contributed by atoms with E-state index < -0.39 is 20.9 Å². The Labute approximate surface area is 167 Å². The standard InChI is InChI=1S/C20H21NO5S2/c1-3-5-6-19(22)21(15-9-12-17-18(13-15)27-20(23)26-17)28(24,25)16-10-7-14(4-2)8-11-16/h7-13H,3-6H2,1-2H3. The van der Waals surface area contributed by atoms with Gasteiger partial charge in [-0.05, 0) is 48.7 Å². The molecule has 1 heterocycles. The molecule has 1 amide bonds. The van der Waals surface area contributed by atoms with Gasteiger partial charge in [0.15, 0.2) is 0 Å². The molecule has 0 saturated carbocycles. The molecule has 0 atom stereocenters. The third-order valence-corrected chi connectivity index (χ3v) is 6.94. The van der Waals surface area contributed by atoms with Gasteiger partial charge in [0.05, 0.1) is 15.3 Å². The quantitative estimate of drug-likeness (QED) is 0.569. The van der Waals surface area contributed by atoms with Crippen LogP contribution in [0.25, 0.3) is 10.3 Å². The molecule has 0 spiro atoms. The summed E-state index contributed by atoms with van der Waals surface area (Å²) >= 11 is 0.870. The minimum Gasteiger partial charge on any atom is -0.414 e. The summed E-state index contributed by atoms with van der Waals surface area (Å²) in [6, 6.07) is 11.0. The van der Waals surface area contributed by atoms with E-state index in [2.05, 4.69) is 0 Å². The maximum atomic E-state index is 13.3. The number of benzene rings is 2. The largest absolute Gasteiger partial charge is 0.414 e. The van der Waals surface area contributed by atoms with Crippen molar-refractivity contribution in [3.63, 3.8) is 0 Å². The molecule has 28 heavy (non-hydrogen) atoms. The highest BCUT2D eigenvalue weighted by atomic mass is 32.2. The van der Waals surface area contributed by atoms with Gasteiger partial charge in [0, 0.05) is 6.42 Å². The molecule has 6 nitrogen and oxygen atoms in total. The maximum Gasteiger partial charge on any atom is 0.396 e. The summed E-state index contributed by atoms with van der Waals surface area (Å²) < 4.78 is 33.0. The van der Waals surface area contributed by atoms with Crippen LogP contribution in [0.4, 0.5) is 5.69 Å². The lowest BCUT2D eigenvalue weighted by atomic mass is 10.2. The molecule has 3 aromatic rings. The van der Waals surface area contributed by atoms with E-state index in [1.165, 1.54) is 30.3 Å². The summed E-state index contributed by atoms with van der Waals surface area (Å²) in [5.74, 6) is -0.503. The molecule has 0 radical (unpaired) electrons. The molecule has 0 saturated heterocycles. The third-order valence-electron chi connectivity index (χ3n) is 4.39. The molecule has 148 valence electrons. The first-order chi connectivity index (χ1) is 13.4. The van der Waals surface area contributed by atoms with E-state index in [-0.39, 0.29) is 17.0 Å². The second-order valence-electron chi connectivity index (χ2n) is 6.35. The van der Waals surface area contributed by atoms with Gasteiger partial charge in [0.2, 0.25) is 5.91 Å². The van der Waals surface area contributed by atoms with Crippen LogP contribution in [0.5, 0.6) is 0 Å². The summed E-state index contributed by atoms with van der Waals surface area (Å²) in [7, 11) is -4.09. The van der Waals surface area contributed by atoms with Crippen molar-refractivity contribution in [2.24, 2.45) is 0 Å². The number of hydrogen-bond donors (Lipinski definition) is 0. The first kappa shape index (κ1) is 20.3. The predicted molar refractivity (Wildman–Crippen MR) is 110 cm³/mol. The van der Waals surface area contributed by atoms with Crippen LogP contribution in [0.3, 0.4) is 0 Å². The Morgan fingerprint density at radius 1 is 1.11 bits per heavy atom. The zero-order valence-corrected chi connectivity index (χ0v) is 17.3. The second-order valence-corrected chi connectivity index (χ2v) is 9.11. The fourth-order valence-corrected chi connectivity index (χ4v) is 4.98. The van der Waals surface area contributed by atoms with Crippen LogP contribution in [-0.4, -0.2) is 14.3 Å². The van der Waals surface area contributed by atoms with Crippen LogP contribution in [0.2, 0.25) is 0 Å². The molecule has 2 aromatic carbocycles. The minimum atomic E-state index is -4.09. The van der Waals surface area contributed by atoms with Gasteiger partial charge in [0.1, 0.15) is 5.58 Å². The zero-order valence-electron chi connectivity index (χ0n) is 15.7. The van der Waals surface area contributed by atoms with E-state index in [9.17, 15) is 18.0 Å². The first-order valence-electron chi connectivity index (χ1n) is 9.07. The van der Waals surface area contributed by atoms with Crippen LogP contribution in [-0.2, 0) is 21.2 Å². The van der Waals surface area contributed by atoms with Crippen molar-refractivity contribution in [2.75, 3.05) is 4.31 Å². The molecule has 3 rings (SSSR count). The Hall–Kier alpha value is -2.45. The van der Waals surface area contributed by atoms with E-state index in [0.717, 1.165) is 34.0 Å². The highest BCUT2D eigenvalue weighted by Gasteiger charge is 2.31. The minimum absolute atomic E-state index is 0.0510. The number of amides is 1. The average molecular weight is 420 g/mol. The zero-order chi connectivity index (χ0) is 20.3. The molecular weight excluding hydrogens is 398 g/mol. The number of sulfonamides is 1. The lowest BCUT2D eigenvalue weighted by Gasteiger charge is -2.23. The van der Waals surface area contributed by atoms with E-state index >= 15 is 0 Å². The fourth-order valence-electron chi connectivity index (χ4n) is 2.84. The monoisotopic (exact) mass is 419 g/mol. The van der Waals surface area contributed by atoms with E-state index in [1.807, 2.05) is 13.8 Å². The molecule has 0 N–H and O–H groups in total. The van der Waals surface area contributed by atoms with Gasteiger partial charge in [-0.15, -0.1) is 0 Å². The first-order valence-corrected chi connectivity index (χ1v) is 11.3. The van der Waals surface area contributed by atoms with Crippen molar-refractivity contribution in [2.45, 2.75) is 44.4 Å². The third kappa shape index (κ3) is 4.02. The summed E-state index contributed by atoms with van der Waals surface area (Å²) in [5, 5.41) is 0. The van der Waals surface area contributed by atoms with Crippen molar-refractivity contribution in [3.05, 3.63) is 57.8 Å². The van der Waals surface area contributed by atoms with Crippen molar-refractivity contribution in [1.29, 1.82) is 0 Å². The van der Waals surface area contributed by atoms with Crippen LogP contribution in [0.1, 0.15) is 38.7 Å². The van der Waals surface area contributed by atoms with Crippen molar-refractivity contribution in [1.82, 2.24) is 0 Å². The molecule has 0 bridgehead atoms. The molecule has 0 unspecified atom stereocenters. The number of hydrogen-bond acceptors (Lipinski definition) is 6. The molecular formula is C20H21NO5S2. The average Bonchev–Trinajstić information content (AvgIpc) is 3.05. The lowest BCUT2D eigenvalue weighted by molar-refractivity contribution is -0.117. The van der Waals surface area contributed by atoms with E-state index in [4.69, 9.17) is 4.42 Å². The molecule has 8 heteroatoms. The second kappa shape index (κ2) is 8.28. The summed E-state index contributed by atoms with van der Waals surface area (Å²) in [6.45, 7) is 3.92. The van der Waals surface area contributed by atoms with Gasteiger partial charge < -0.3 is 4.42 Å². The fraction of sp³-hybridized carbons (Fsp3) is 0.300. The number of carbonyl (C=O) groups excluding carboxylic acids is 1. The highest BCUT2D eigenvalue weighted by molar-refractivity contribution is 7.93. The smallest absolute Gasteiger partial charge is 0.396 e. The Kier molecular flexibility index (Phi) is 6.00. The molecule has 0 aliphatic carbocycles. The molecule has 0 aliphatic heterocycles. The van der Waals surface area contributed by atoms with Crippen LogP contribution < -0.4 is 9.24 Å². The number of aryl methyl sites for hydroxylation is 1. The van der Waals surface area contributed by atoms with Crippen LogP contribution in [0.15, 0.2) is 56.6 Å². The molecule has 1 aromatic heterocycles. The SMILES string of the molecule is CCCCC(=O)N(c1ccc2oc(=O)sc2c1)S(=O)(=O)c1ccc(CC)cc1. The predicted octanol–water partition coefficient (Wildman–Crippen LogP) is 4.33. The number of carbonyl (C=O) groups is 1. The van der Waals surface area contributed by atoms with E-state index in [1.54, 1.807) is 12.1 Å². The van der Waals surface area contributed by atoms with Crippen LogP contribution in [0, 0.1) is 0 Å². The van der Waals surface area contributed by atoms with Gasteiger partial charge in [-0.25, -0.2) is 17.5 Å². The number of anilines is 1. The van der Waals surface area contributed by atoms with Gasteiger partial charge in [-0.2, -0.15) is 0 Å². The van der Waals surface area contributed by atoms with Gasteiger partial charge in [-0.1, -0.05) is 43.7 Å². The van der Waals surface area contributed by atoms with Crippen molar-refractivity contribution < 1.29 is 17.6 Å². The number of unbranched alkanes of at least 4 members (excludes halogenated alkanes) is 1.